The number of phenolic OH excluding ortho intramolecular Hbond substituents is 1. The lowest BCUT2D eigenvalue weighted by molar-refractivity contribution is 0.0600. The van der Waals surface area contributed by atoms with Gasteiger partial charge in [0.05, 0.1) is 19.8 Å². The number of nitrogens with zero attached hydrogens (tertiary/aromatic N) is 1. The van der Waals surface area contributed by atoms with E-state index >= 15 is 0 Å². The molecular weight excluding hydrogens is 260 g/mol. The first-order valence-electron chi connectivity index (χ1n) is 6.57. The van der Waals surface area contributed by atoms with Crippen LogP contribution in [0.3, 0.4) is 0 Å². The summed E-state index contributed by atoms with van der Waals surface area (Å²) in [6.45, 7) is 4.24. The third-order valence-electron chi connectivity index (χ3n) is 3.40. The van der Waals surface area contributed by atoms with Gasteiger partial charge < -0.3 is 19.9 Å². The van der Waals surface area contributed by atoms with Crippen LogP contribution in [0.4, 0.5) is 0 Å². The normalized spacial score (nSPS) is 15.9. The molecule has 1 aromatic rings. The molecule has 20 heavy (non-hydrogen) atoms. The summed E-state index contributed by atoms with van der Waals surface area (Å²) in [7, 11) is 2.79. The van der Waals surface area contributed by atoms with Gasteiger partial charge in [-0.2, -0.15) is 0 Å². The summed E-state index contributed by atoms with van der Waals surface area (Å²) in [6.07, 6.45) is 0. The van der Waals surface area contributed by atoms with E-state index in [9.17, 15) is 9.90 Å². The highest BCUT2D eigenvalue weighted by Crippen LogP contribution is 2.32. The number of phenols is 1. The number of carbonyl (C=O) groups is 1. The molecule has 1 aromatic carbocycles. The number of benzene rings is 1. The predicted molar refractivity (Wildman–Crippen MR) is 74.1 cm³/mol. The molecule has 0 saturated carbocycles. The second-order valence-corrected chi connectivity index (χ2v) is 4.70. The maximum Gasteiger partial charge on any atom is 0.337 e. The Hall–Kier alpha value is -1.79. The maximum atomic E-state index is 11.7. The van der Waals surface area contributed by atoms with Gasteiger partial charge in [-0.05, 0) is 12.1 Å². The van der Waals surface area contributed by atoms with Gasteiger partial charge in [0, 0.05) is 38.3 Å². The minimum Gasteiger partial charge on any atom is -0.504 e. The van der Waals surface area contributed by atoms with Crippen LogP contribution in [-0.4, -0.2) is 56.4 Å². The predicted octanol–water partition coefficient (Wildman–Crippen LogP) is 0.593. The van der Waals surface area contributed by atoms with Crippen molar-refractivity contribution in [1.82, 2.24) is 10.2 Å². The molecule has 0 aliphatic carbocycles. The van der Waals surface area contributed by atoms with Gasteiger partial charge in [0.1, 0.15) is 0 Å². The van der Waals surface area contributed by atoms with Crippen LogP contribution in [0.25, 0.3) is 0 Å². The average Bonchev–Trinajstić information content (AvgIpc) is 2.49. The quantitative estimate of drug-likeness (QED) is 0.787. The zero-order valence-corrected chi connectivity index (χ0v) is 11.8. The molecule has 2 rings (SSSR count). The molecule has 2 N–H and O–H groups in total. The van der Waals surface area contributed by atoms with Crippen molar-refractivity contribution >= 4 is 5.97 Å². The second kappa shape index (κ2) is 6.58. The summed E-state index contributed by atoms with van der Waals surface area (Å²) in [4.78, 5) is 13.9. The maximum absolute atomic E-state index is 11.7. The van der Waals surface area contributed by atoms with Gasteiger partial charge in [0.2, 0.25) is 0 Å². The lowest BCUT2D eigenvalue weighted by atomic mass is 10.1. The SMILES string of the molecule is COC(=O)c1cc(CN2CCNCC2)c(O)c(OC)c1. The fourth-order valence-corrected chi connectivity index (χ4v) is 2.29. The fourth-order valence-electron chi connectivity index (χ4n) is 2.29. The van der Waals surface area contributed by atoms with Crippen molar-refractivity contribution in [3.05, 3.63) is 23.3 Å². The molecule has 6 nitrogen and oxygen atoms in total. The van der Waals surface area contributed by atoms with Crippen LogP contribution in [0.15, 0.2) is 12.1 Å². The average molecular weight is 280 g/mol. The molecule has 0 radical (unpaired) electrons. The van der Waals surface area contributed by atoms with E-state index in [2.05, 4.69) is 10.2 Å². The van der Waals surface area contributed by atoms with Crippen LogP contribution in [0.5, 0.6) is 11.5 Å². The largest absolute Gasteiger partial charge is 0.504 e. The van der Waals surface area contributed by atoms with Crippen LogP contribution < -0.4 is 10.1 Å². The minimum atomic E-state index is -0.440. The van der Waals surface area contributed by atoms with Crippen molar-refractivity contribution < 1.29 is 19.4 Å². The topological polar surface area (TPSA) is 71.0 Å². The molecule has 1 aliphatic heterocycles. The molecule has 1 fully saturated rings. The highest BCUT2D eigenvalue weighted by Gasteiger charge is 2.18. The molecule has 0 amide bonds. The van der Waals surface area contributed by atoms with Crippen molar-refractivity contribution in [2.45, 2.75) is 6.54 Å². The summed E-state index contributed by atoms with van der Waals surface area (Å²) in [5.41, 5.74) is 1.05. The molecule has 110 valence electrons. The Morgan fingerprint density at radius 3 is 2.65 bits per heavy atom. The first kappa shape index (κ1) is 14.6. The van der Waals surface area contributed by atoms with E-state index in [1.165, 1.54) is 20.3 Å². The van der Waals surface area contributed by atoms with Gasteiger partial charge in [-0.25, -0.2) is 4.79 Å². The number of ether oxygens (including phenoxy) is 2. The van der Waals surface area contributed by atoms with E-state index in [0.717, 1.165) is 26.2 Å². The van der Waals surface area contributed by atoms with Gasteiger partial charge in [-0.1, -0.05) is 0 Å². The number of rotatable bonds is 4. The Kier molecular flexibility index (Phi) is 4.81. The molecule has 0 aromatic heterocycles. The number of esters is 1. The monoisotopic (exact) mass is 280 g/mol. The zero-order chi connectivity index (χ0) is 14.5. The van der Waals surface area contributed by atoms with Crippen LogP contribution in [0.2, 0.25) is 0 Å². The summed E-state index contributed by atoms with van der Waals surface area (Å²) >= 11 is 0. The van der Waals surface area contributed by atoms with Crippen LogP contribution >= 0.6 is 0 Å². The number of hydrogen-bond acceptors (Lipinski definition) is 6. The molecule has 1 heterocycles. The van der Waals surface area contributed by atoms with Crippen LogP contribution in [0.1, 0.15) is 15.9 Å². The number of nitrogens with one attached hydrogen (secondary N) is 1. The third kappa shape index (κ3) is 3.20. The van der Waals surface area contributed by atoms with Gasteiger partial charge in [0.25, 0.3) is 0 Å². The summed E-state index contributed by atoms with van der Waals surface area (Å²) in [6, 6.07) is 3.15. The molecular formula is C14H20N2O4. The molecule has 1 saturated heterocycles. The highest BCUT2D eigenvalue weighted by atomic mass is 16.5. The molecule has 1 aliphatic rings. The van der Waals surface area contributed by atoms with Gasteiger partial charge in [-0.15, -0.1) is 0 Å². The lowest BCUT2D eigenvalue weighted by Gasteiger charge is -2.27. The van der Waals surface area contributed by atoms with E-state index in [1.807, 2.05) is 0 Å². The van der Waals surface area contributed by atoms with Crippen molar-refractivity contribution in [3.63, 3.8) is 0 Å². The first-order valence-corrected chi connectivity index (χ1v) is 6.57. The minimum absolute atomic E-state index is 0.0821. The van der Waals surface area contributed by atoms with E-state index in [1.54, 1.807) is 6.07 Å². The number of carbonyl (C=O) groups excluding carboxylic acids is 1. The number of piperazine rings is 1. The van der Waals surface area contributed by atoms with Crippen molar-refractivity contribution in [2.75, 3.05) is 40.4 Å². The van der Waals surface area contributed by atoms with Gasteiger partial charge in [-0.3, -0.25) is 4.90 Å². The van der Waals surface area contributed by atoms with Gasteiger partial charge in [0.15, 0.2) is 11.5 Å². The van der Waals surface area contributed by atoms with Crippen molar-refractivity contribution in [1.29, 1.82) is 0 Å². The van der Waals surface area contributed by atoms with E-state index in [-0.39, 0.29) is 11.5 Å². The highest BCUT2D eigenvalue weighted by molar-refractivity contribution is 5.90. The van der Waals surface area contributed by atoms with Crippen LogP contribution in [-0.2, 0) is 11.3 Å². The molecule has 0 spiro atoms. The fraction of sp³-hybridized carbons (Fsp3) is 0.500. The molecule has 0 atom stereocenters. The van der Waals surface area contributed by atoms with Gasteiger partial charge >= 0.3 is 5.97 Å². The Bertz CT molecular complexity index is 484. The van der Waals surface area contributed by atoms with Crippen LogP contribution in [0, 0.1) is 0 Å². The summed E-state index contributed by atoms with van der Waals surface area (Å²) in [5.74, 6) is -0.0680. The van der Waals surface area contributed by atoms with E-state index in [4.69, 9.17) is 9.47 Å². The molecule has 0 bridgehead atoms. The Labute approximate surface area is 118 Å². The van der Waals surface area contributed by atoms with Crippen molar-refractivity contribution in [3.8, 4) is 11.5 Å². The van der Waals surface area contributed by atoms with E-state index in [0.29, 0.717) is 17.7 Å². The Balaban J connectivity index is 2.27. The summed E-state index contributed by atoms with van der Waals surface area (Å²) < 4.78 is 9.84. The first-order chi connectivity index (χ1) is 9.65. The summed E-state index contributed by atoms with van der Waals surface area (Å²) in [5, 5.41) is 13.5. The number of methoxy groups -OCH3 is 2. The Morgan fingerprint density at radius 2 is 2.05 bits per heavy atom. The smallest absolute Gasteiger partial charge is 0.337 e. The number of aromatic hydroxyl groups is 1. The second-order valence-electron chi connectivity index (χ2n) is 4.70. The lowest BCUT2D eigenvalue weighted by Crippen LogP contribution is -2.42. The molecule has 6 heteroatoms. The zero-order valence-electron chi connectivity index (χ0n) is 11.8. The Morgan fingerprint density at radius 1 is 1.35 bits per heavy atom. The molecule has 0 unspecified atom stereocenters. The van der Waals surface area contributed by atoms with E-state index < -0.39 is 5.97 Å². The third-order valence-corrected chi connectivity index (χ3v) is 3.40. The standard InChI is InChI=1S/C14H20N2O4/c1-19-12-8-10(14(18)20-2)7-11(13(12)17)9-16-5-3-15-4-6-16/h7-8,15,17H,3-6,9H2,1-2H3. The van der Waals surface area contributed by atoms with Crippen molar-refractivity contribution in [2.24, 2.45) is 0 Å². The number of hydrogen-bond donors (Lipinski definition) is 2.